The molecule has 0 aromatic heterocycles. The molecule has 0 aromatic carbocycles. The summed E-state index contributed by atoms with van der Waals surface area (Å²) in [7, 11) is 0. The van der Waals surface area contributed by atoms with Gasteiger partial charge in [0.1, 0.15) is 0 Å². The highest BCUT2D eigenvalue weighted by Gasteiger charge is 2.16. The van der Waals surface area contributed by atoms with Crippen LogP contribution in [0.1, 0.15) is 19.8 Å². The molecule has 0 aliphatic heterocycles. The van der Waals surface area contributed by atoms with Gasteiger partial charge in [0.2, 0.25) is 0 Å². The number of hydrogen-bond donors (Lipinski definition) is 2. The van der Waals surface area contributed by atoms with Crippen molar-refractivity contribution < 1.29 is 0 Å². The molecule has 0 amide bonds. The largest absolute Gasteiger partial charge is 0.328 e. The summed E-state index contributed by atoms with van der Waals surface area (Å²) in [6.07, 6.45) is 1.29. The van der Waals surface area contributed by atoms with E-state index in [0.29, 0.717) is 6.42 Å². The highest BCUT2D eigenvalue weighted by molar-refractivity contribution is 6.47. The molecular weight excluding hydrogens is 159 g/mol. The fraction of sp³-hybridized carbons (Fsp3) is 1.00. The highest BCUT2D eigenvalue weighted by Crippen LogP contribution is 2.19. The van der Waals surface area contributed by atoms with E-state index < -0.39 is 4.46 Å². The van der Waals surface area contributed by atoms with Crippen molar-refractivity contribution in [3.8, 4) is 0 Å². The Morgan fingerprint density at radius 1 is 1.56 bits per heavy atom. The maximum Gasteiger partial charge on any atom is 0.166 e. The monoisotopic (exact) mass is 170 g/mol. The van der Waals surface area contributed by atoms with E-state index in [0.717, 1.165) is 6.42 Å². The molecule has 56 valence electrons. The normalized spacial score (nSPS) is 15.7. The molecule has 1 unspecified atom stereocenters. The van der Waals surface area contributed by atoms with Crippen molar-refractivity contribution in [3.05, 3.63) is 0 Å². The lowest BCUT2D eigenvalue weighted by Gasteiger charge is -2.13. The van der Waals surface area contributed by atoms with Crippen LogP contribution in [0.15, 0.2) is 0 Å². The molecule has 0 saturated carbocycles. The van der Waals surface area contributed by atoms with Crippen LogP contribution in [0.2, 0.25) is 0 Å². The first-order valence-corrected chi connectivity index (χ1v) is 3.60. The summed E-state index contributed by atoms with van der Waals surface area (Å²) in [5, 5.41) is 0. The molecule has 4 N–H and O–H groups in total. The van der Waals surface area contributed by atoms with Gasteiger partial charge >= 0.3 is 0 Å². The SMILES string of the molecule is CC(N)CCC(N)(Cl)Cl. The van der Waals surface area contributed by atoms with Crippen LogP contribution >= 0.6 is 23.2 Å². The van der Waals surface area contributed by atoms with Crippen LogP contribution in [0.5, 0.6) is 0 Å². The molecule has 0 aliphatic carbocycles. The average Bonchev–Trinajstić information content (AvgIpc) is 1.59. The van der Waals surface area contributed by atoms with Crippen molar-refractivity contribution in [2.45, 2.75) is 30.3 Å². The first kappa shape index (κ1) is 9.50. The molecule has 0 fully saturated rings. The van der Waals surface area contributed by atoms with Crippen molar-refractivity contribution in [2.24, 2.45) is 11.5 Å². The molecule has 2 nitrogen and oxygen atoms in total. The minimum absolute atomic E-state index is 0.116. The van der Waals surface area contributed by atoms with Crippen molar-refractivity contribution in [1.29, 1.82) is 0 Å². The molecule has 0 rings (SSSR count). The molecule has 0 heterocycles. The standard InChI is InChI=1S/C5H12Cl2N2/c1-4(8)2-3-5(6,7)9/h4H,2-3,8-9H2,1H3. The second-order valence-electron chi connectivity index (χ2n) is 2.28. The zero-order valence-electron chi connectivity index (χ0n) is 5.40. The lowest BCUT2D eigenvalue weighted by Crippen LogP contribution is -2.28. The molecule has 0 radical (unpaired) electrons. The van der Waals surface area contributed by atoms with E-state index in [1.165, 1.54) is 0 Å². The topological polar surface area (TPSA) is 52.0 Å². The number of rotatable bonds is 3. The van der Waals surface area contributed by atoms with E-state index in [1.807, 2.05) is 6.92 Å². The van der Waals surface area contributed by atoms with Gasteiger partial charge in [-0.25, -0.2) is 0 Å². The smallest absolute Gasteiger partial charge is 0.166 e. The number of hydrogen-bond acceptors (Lipinski definition) is 2. The van der Waals surface area contributed by atoms with Crippen LogP contribution in [0.4, 0.5) is 0 Å². The zero-order chi connectivity index (χ0) is 7.49. The lowest BCUT2D eigenvalue weighted by molar-refractivity contribution is 0.587. The van der Waals surface area contributed by atoms with Crippen LogP contribution in [-0.4, -0.2) is 10.5 Å². The van der Waals surface area contributed by atoms with Crippen LogP contribution in [0.25, 0.3) is 0 Å². The fourth-order valence-electron chi connectivity index (χ4n) is 0.420. The van der Waals surface area contributed by atoms with Gasteiger partial charge in [0.25, 0.3) is 0 Å². The predicted octanol–water partition coefficient (Wildman–Crippen LogP) is 1.20. The Kier molecular flexibility index (Phi) is 3.82. The Balaban J connectivity index is 3.28. The van der Waals surface area contributed by atoms with Gasteiger partial charge < -0.3 is 11.5 Å². The van der Waals surface area contributed by atoms with E-state index in [1.54, 1.807) is 0 Å². The number of halogens is 2. The fourth-order valence-corrected chi connectivity index (χ4v) is 0.638. The van der Waals surface area contributed by atoms with Crippen LogP contribution < -0.4 is 11.5 Å². The summed E-state index contributed by atoms with van der Waals surface area (Å²) in [6.45, 7) is 1.89. The second-order valence-corrected chi connectivity index (χ2v) is 3.82. The van der Waals surface area contributed by atoms with Crippen molar-refractivity contribution in [1.82, 2.24) is 0 Å². The van der Waals surface area contributed by atoms with Gasteiger partial charge in [-0.3, -0.25) is 0 Å². The summed E-state index contributed by atoms with van der Waals surface area (Å²) in [6, 6.07) is 0.116. The molecule has 9 heavy (non-hydrogen) atoms. The lowest BCUT2D eigenvalue weighted by atomic mass is 10.2. The Labute approximate surface area is 65.5 Å². The molecule has 0 spiro atoms. The van der Waals surface area contributed by atoms with Gasteiger partial charge in [0.05, 0.1) is 0 Å². The van der Waals surface area contributed by atoms with Gasteiger partial charge in [0.15, 0.2) is 4.46 Å². The van der Waals surface area contributed by atoms with E-state index in [4.69, 9.17) is 34.7 Å². The molecule has 0 aliphatic rings. The van der Waals surface area contributed by atoms with Crippen molar-refractivity contribution in [2.75, 3.05) is 0 Å². The van der Waals surface area contributed by atoms with Gasteiger partial charge in [-0.2, -0.15) is 0 Å². The van der Waals surface area contributed by atoms with Gasteiger partial charge in [-0.1, -0.05) is 23.2 Å². The van der Waals surface area contributed by atoms with E-state index in [2.05, 4.69) is 0 Å². The summed E-state index contributed by atoms with van der Waals surface area (Å²) < 4.78 is -1.10. The van der Waals surface area contributed by atoms with Crippen LogP contribution in [0, 0.1) is 0 Å². The summed E-state index contributed by atoms with van der Waals surface area (Å²) >= 11 is 10.9. The molecule has 4 heteroatoms. The summed E-state index contributed by atoms with van der Waals surface area (Å²) in [5.41, 5.74) is 10.7. The maximum atomic E-state index is 5.46. The highest BCUT2D eigenvalue weighted by atomic mass is 35.5. The third kappa shape index (κ3) is 8.50. The zero-order valence-corrected chi connectivity index (χ0v) is 6.91. The molecule has 0 bridgehead atoms. The quantitative estimate of drug-likeness (QED) is 0.495. The first-order valence-electron chi connectivity index (χ1n) is 2.84. The van der Waals surface area contributed by atoms with Crippen molar-refractivity contribution in [3.63, 3.8) is 0 Å². The Bertz CT molecular complexity index is 77.5. The third-order valence-corrected chi connectivity index (χ3v) is 1.31. The van der Waals surface area contributed by atoms with Crippen LogP contribution in [0.3, 0.4) is 0 Å². The third-order valence-electron chi connectivity index (χ3n) is 0.933. The second kappa shape index (κ2) is 3.62. The number of alkyl halides is 2. The van der Waals surface area contributed by atoms with Gasteiger partial charge in [-0.15, -0.1) is 0 Å². The van der Waals surface area contributed by atoms with E-state index in [9.17, 15) is 0 Å². The molecular formula is C5H12Cl2N2. The maximum absolute atomic E-state index is 5.46. The van der Waals surface area contributed by atoms with Crippen LogP contribution in [-0.2, 0) is 0 Å². The Morgan fingerprint density at radius 3 is 2.11 bits per heavy atom. The predicted molar refractivity (Wildman–Crippen MR) is 41.5 cm³/mol. The Hall–Kier alpha value is 0.500. The summed E-state index contributed by atoms with van der Waals surface area (Å²) in [5.74, 6) is 0. The van der Waals surface area contributed by atoms with Crippen molar-refractivity contribution >= 4 is 23.2 Å². The summed E-state index contributed by atoms with van der Waals surface area (Å²) in [4.78, 5) is 0. The van der Waals surface area contributed by atoms with E-state index >= 15 is 0 Å². The molecule has 1 atom stereocenters. The average molecular weight is 171 g/mol. The Morgan fingerprint density at radius 2 is 2.00 bits per heavy atom. The van der Waals surface area contributed by atoms with E-state index in [-0.39, 0.29) is 6.04 Å². The number of nitrogens with two attached hydrogens (primary N) is 2. The molecule has 0 saturated heterocycles. The minimum Gasteiger partial charge on any atom is -0.328 e. The minimum atomic E-state index is -1.10. The first-order chi connectivity index (χ1) is 3.92. The van der Waals surface area contributed by atoms with Gasteiger partial charge in [0, 0.05) is 6.04 Å². The molecule has 0 aromatic rings. The van der Waals surface area contributed by atoms with Gasteiger partial charge in [-0.05, 0) is 19.8 Å².